The lowest BCUT2D eigenvalue weighted by atomic mass is 9.94. The Bertz CT molecular complexity index is 417. The number of carbonyl (C=O) groups excluding carboxylic acids is 1. The third-order valence-corrected chi connectivity index (χ3v) is 4.04. The van der Waals surface area contributed by atoms with Crippen molar-refractivity contribution < 1.29 is 9.90 Å². The average molecular weight is 231 g/mol. The highest BCUT2D eigenvalue weighted by Gasteiger charge is 2.46. The second-order valence-corrected chi connectivity index (χ2v) is 5.14. The van der Waals surface area contributed by atoms with E-state index >= 15 is 0 Å². The van der Waals surface area contributed by atoms with Gasteiger partial charge in [-0.25, -0.2) is 0 Å². The Morgan fingerprint density at radius 2 is 2.00 bits per heavy atom. The van der Waals surface area contributed by atoms with Crippen molar-refractivity contribution in [3.63, 3.8) is 0 Å². The second kappa shape index (κ2) is 4.15. The van der Waals surface area contributed by atoms with E-state index in [1.807, 2.05) is 35.2 Å². The highest BCUT2D eigenvalue weighted by Crippen LogP contribution is 2.38. The molecule has 1 aromatic carbocycles. The molecule has 1 aliphatic heterocycles. The van der Waals surface area contributed by atoms with Gasteiger partial charge < -0.3 is 10.0 Å². The topological polar surface area (TPSA) is 40.5 Å². The van der Waals surface area contributed by atoms with Gasteiger partial charge in [-0.15, -0.1) is 0 Å². The van der Waals surface area contributed by atoms with Crippen LogP contribution in [0.4, 0.5) is 0 Å². The second-order valence-electron chi connectivity index (χ2n) is 5.14. The molecule has 1 amide bonds. The van der Waals surface area contributed by atoms with Crippen LogP contribution in [-0.4, -0.2) is 28.6 Å². The number of amides is 1. The molecule has 2 aliphatic rings. The number of benzene rings is 1. The van der Waals surface area contributed by atoms with Crippen LogP contribution in [0.1, 0.15) is 18.4 Å². The van der Waals surface area contributed by atoms with E-state index in [2.05, 4.69) is 0 Å². The van der Waals surface area contributed by atoms with Crippen molar-refractivity contribution >= 4 is 5.91 Å². The van der Waals surface area contributed by atoms with Gasteiger partial charge >= 0.3 is 0 Å². The van der Waals surface area contributed by atoms with E-state index in [-0.39, 0.29) is 11.8 Å². The van der Waals surface area contributed by atoms with Gasteiger partial charge in [0, 0.05) is 19.0 Å². The standard InChI is InChI=1S/C14H17NO2/c16-13-11-6-7-12(13)14(17)15(9-11)8-10-4-2-1-3-5-10/h1-5,11-13,16H,6-9H2. The normalized spacial score (nSPS) is 31.9. The number of nitrogens with zero attached hydrogens (tertiary/aromatic N) is 1. The number of aliphatic hydroxyl groups is 1. The molecule has 1 aromatic rings. The average Bonchev–Trinajstić information content (AvgIpc) is 2.61. The van der Waals surface area contributed by atoms with Gasteiger partial charge in [-0.2, -0.15) is 0 Å². The molecule has 1 saturated carbocycles. The molecule has 2 fully saturated rings. The van der Waals surface area contributed by atoms with Crippen molar-refractivity contribution in [1.82, 2.24) is 4.90 Å². The summed E-state index contributed by atoms with van der Waals surface area (Å²) in [4.78, 5) is 14.1. The molecule has 3 atom stereocenters. The number of hydrogen-bond donors (Lipinski definition) is 1. The zero-order valence-electron chi connectivity index (χ0n) is 9.75. The monoisotopic (exact) mass is 231 g/mol. The lowest BCUT2D eigenvalue weighted by Crippen LogP contribution is -2.48. The van der Waals surface area contributed by atoms with Gasteiger partial charge in [0.25, 0.3) is 0 Å². The van der Waals surface area contributed by atoms with E-state index in [4.69, 9.17) is 0 Å². The number of likely N-dealkylation sites (tertiary alicyclic amines) is 1. The molecule has 3 nitrogen and oxygen atoms in total. The highest BCUT2D eigenvalue weighted by molar-refractivity contribution is 5.81. The first-order valence-electron chi connectivity index (χ1n) is 6.26. The molecule has 17 heavy (non-hydrogen) atoms. The fraction of sp³-hybridized carbons (Fsp3) is 0.500. The molecule has 90 valence electrons. The van der Waals surface area contributed by atoms with Crippen molar-refractivity contribution in [2.75, 3.05) is 6.54 Å². The van der Waals surface area contributed by atoms with Crippen LogP contribution < -0.4 is 0 Å². The summed E-state index contributed by atoms with van der Waals surface area (Å²) in [6.45, 7) is 1.39. The Labute approximate surface area is 101 Å². The minimum Gasteiger partial charge on any atom is -0.392 e. The summed E-state index contributed by atoms with van der Waals surface area (Å²) >= 11 is 0. The molecule has 0 radical (unpaired) electrons. The maximum atomic E-state index is 12.2. The number of hydrogen-bond acceptors (Lipinski definition) is 2. The molecular weight excluding hydrogens is 214 g/mol. The molecular formula is C14H17NO2. The third kappa shape index (κ3) is 1.84. The number of piperidine rings is 1. The summed E-state index contributed by atoms with van der Waals surface area (Å²) in [5.41, 5.74) is 1.16. The van der Waals surface area contributed by atoms with E-state index in [1.54, 1.807) is 0 Å². The Balaban J connectivity index is 1.75. The largest absolute Gasteiger partial charge is 0.392 e. The Morgan fingerprint density at radius 1 is 1.24 bits per heavy atom. The lowest BCUT2D eigenvalue weighted by molar-refractivity contribution is -0.145. The summed E-state index contributed by atoms with van der Waals surface area (Å²) in [6.07, 6.45) is 1.45. The maximum Gasteiger partial charge on any atom is 0.228 e. The molecule has 1 aliphatic carbocycles. The minimum atomic E-state index is -0.394. The summed E-state index contributed by atoms with van der Waals surface area (Å²) in [7, 11) is 0. The van der Waals surface area contributed by atoms with E-state index in [0.717, 1.165) is 18.4 Å². The molecule has 2 bridgehead atoms. The van der Waals surface area contributed by atoms with Gasteiger partial charge in [0.2, 0.25) is 5.91 Å². The van der Waals surface area contributed by atoms with Gasteiger partial charge in [0.1, 0.15) is 0 Å². The van der Waals surface area contributed by atoms with E-state index < -0.39 is 6.10 Å². The molecule has 3 rings (SSSR count). The zero-order valence-corrected chi connectivity index (χ0v) is 9.75. The maximum absolute atomic E-state index is 12.2. The van der Waals surface area contributed by atoms with Crippen LogP contribution in [0, 0.1) is 11.8 Å². The Kier molecular flexibility index (Phi) is 2.63. The fourth-order valence-corrected chi connectivity index (χ4v) is 3.09. The molecule has 1 heterocycles. The van der Waals surface area contributed by atoms with Crippen molar-refractivity contribution in [2.24, 2.45) is 11.8 Å². The van der Waals surface area contributed by atoms with Crippen LogP contribution in [0.5, 0.6) is 0 Å². The number of rotatable bonds is 2. The van der Waals surface area contributed by atoms with Gasteiger partial charge in [-0.05, 0) is 18.4 Å². The van der Waals surface area contributed by atoms with E-state index in [0.29, 0.717) is 19.0 Å². The number of carbonyl (C=O) groups is 1. The molecule has 0 aromatic heterocycles. The van der Waals surface area contributed by atoms with Crippen LogP contribution in [0.15, 0.2) is 30.3 Å². The van der Waals surface area contributed by atoms with E-state index in [9.17, 15) is 9.90 Å². The minimum absolute atomic E-state index is 0.134. The van der Waals surface area contributed by atoms with Crippen molar-refractivity contribution in [3.8, 4) is 0 Å². The molecule has 3 unspecified atom stereocenters. The van der Waals surface area contributed by atoms with E-state index in [1.165, 1.54) is 0 Å². The zero-order chi connectivity index (χ0) is 11.8. The predicted octanol–water partition coefficient (Wildman–Crippen LogP) is 1.42. The van der Waals surface area contributed by atoms with Crippen LogP contribution in [0.2, 0.25) is 0 Å². The Morgan fingerprint density at radius 3 is 2.76 bits per heavy atom. The van der Waals surface area contributed by atoms with Crippen molar-refractivity contribution in [2.45, 2.75) is 25.5 Å². The first-order valence-corrected chi connectivity index (χ1v) is 6.26. The molecule has 1 N–H and O–H groups in total. The van der Waals surface area contributed by atoms with Gasteiger partial charge in [0.15, 0.2) is 0 Å². The predicted molar refractivity (Wildman–Crippen MR) is 64.1 cm³/mol. The molecule has 0 spiro atoms. The third-order valence-electron chi connectivity index (χ3n) is 4.04. The number of fused-ring (bicyclic) bond motifs is 2. The SMILES string of the molecule is O=C1C2CCC(CN1Cc1ccccc1)C2O. The van der Waals surface area contributed by atoms with Gasteiger partial charge in [0.05, 0.1) is 12.0 Å². The summed E-state index contributed by atoms with van der Waals surface area (Å²) in [5, 5.41) is 9.92. The van der Waals surface area contributed by atoms with Crippen LogP contribution in [0.25, 0.3) is 0 Å². The molecule has 1 saturated heterocycles. The van der Waals surface area contributed by atoms with Crippen LogP contribution in [0.3, 0.4) is 0 Å². The summed E-state index contributed by atoms with van der Waals surface area (Å²) < 4.78 is 0. The molecule has 3 heteroatoms. The quantitative estimate of drug-likeness (QED) is 0.836. The number of aliphatic hydroxyl groups excluding tert-OH is 1. The smallest absolute Gasteiger partial charge is 0.228 e. The first kappa shape index (κ1) is 10.8. The first-order chi connectivity index (χ1) is 8.25. The van der Waals surface area contributed by atoms with Gasteiger partial charge in [-0.3, -0.25) is 4.79 Å². The van der Waals surface area contributed by atoms with Gasteiger partial charge in [-0.1, -0.05) is 30.3 Å². The van der Waals surface area contributed by atoms with Crippen molar-refractivity contribution in [1.29, 1.82) is 0 Å². The Hall–Kier alpha value is -1.35. The summed E-state index contributed by atoms with van der Waals surface area (Å²) in [6, 6.07) is 10.1. The highest BCUT2D eigenvalue weighted by atomic mass is 16.3. The lowest BCUT2D eigenvalue weighted by Gasteiger charge is -2.35. The summed E-state index contributed by atoms with van der Waals surface area (Å²) in [5.74, 6) is 0.286. The van der Waals surface area contributed by atoms with Crippen LogP contribution >= 0.6 is 0 Å². The van der Waals surface area contributed by atoms with Crippen molar-refractivity contribution in [3.05, 3.63) is 35.9 Å². The fourth-order valence-electron chi connectivity index (χ4n) is 3.09. The van der Waals surface area contributed by atoms with Crippen LogP contribution in [-0.2, 0) is 11.3 Å².